The molecule has 2 N–H and O–H groups in total. The Kier molecular flexibility index (Phi) is 3.96. The molecule has 0 aromatic carbocycles. The molecule has 7 heteroatoms. The molecule has 0 radical (unpaired) electrons. The highest BCUT2D eigenvalue weighted by molar-refractivity contribution is 7.89. The topological polar surface area (TPSA) is 93.6 Å². The molecule has 1 aromatic heterocycles. The molecule has 1 aromatic rings. The second kappa shape index (κ2) is 5.34. The molecule has 1 aliphatic rings. The second-order valence-electron chi connectivity index (χ2n) is 4.72. The average Bonchev–Trinajstić information content (AvgIpc) is 2.85. The van der Waals surface area contributed by atoms with Gasteiger partial charge in [-0.2, -0.15) is 0 Å². The van der Waals surface area contributed by atoms with E-state index in [-0.39, 0.29) is 12.5 Å². The van der Waals surface area contributed by atoms with E-state index in [1.54, 1.807) is 11.0 Å². The minimum atomic E-state index is -3.59. The Morgan fingerprint density at radius 3 is 2.95 bits per heavy atom. The van der Waals surface area contributed by atoms with E-state index in [2.05, 4.69) is 0 Å². The third kappa shape index (κ3) is 2.98. The van der Waals surface area contributed by atoms with Crippen LogP contribution in [0, 0.1) is 0 Å². The van der Waals surface area contributed by atoms with Gasteiger partial charge in [-0.3, -0.25) is 4.79 Å². The van der Waals surface area contributed by atoms with Crippen LogP contribution >= 0.6 is 0 Å². The summed E-state index contributed by atoms with van der Waals surface area (Å²) in [4.78, 5) is 13.9. The van der Waals surface area contributed by atoms with Crippen LogP contribution in [0.2, 0.25) is 0 Å². The monoisotopic (exact) mass is 286 g/mol. The first kappa shape index (κ1) is 14.1. The van der Waals surface area contributed by atoms with Crippen LogP contribution in [0.4, 0.5) is 0 Å². The van der Waals surface area contributed by atoms with Crippen LogP contribution in [0.25, 0.3) is 0 Å². The van der Waals surface area contributed by atoms with Crippen molar-refractivity contribution in [2.45, 2.75) is 31.4 Å². The van der Waals surface area contributed by atoms with Crippen molar-refractivity contribution in [3.05, 3.63) is 23.7 Å². The Morgan fingerprint density at radius 1 is 1.58 bits per heavy atom. The number of carbonyl (C=O) groups excluding carboxylic acids is 1. The number of aryl methyl sites for hydroxylation is 1. The first-order valence-electron chi connectivity index (χ1n) is 6.30. The molecule has 0 saturated carbocycles. The fourth-order valence-corrected chi connectivity index (χ4v) is 3.25. The summed E-state index contributed by atoms with van der Waals surface area (Å²) in [6, 6.07) is 1.63. The van der Waals surface area contributed by atoms with Crippen molar-refractivity contribution in [3.63, 3.8) is 0 Å². The van der Waals surface area contributed by atoms with Crippen LogP contribution < -0.4 is 5.14 Å². The Morgan fingerprint density at radius 2 is 2.32 bits per heavy atom. The summed E-state index contributed by atoms with van der Waals surface area (Å²) in [7, 11) is -3.59. The molecule has 106 valence electrons. The van der Waals surface area contributed by atoms with Gasteiger partial charge in [0.25, 0.3) is 5.91 Å². The lowest BCUT2D eigenvalue weighted by molar-refractivity contribution is 0.0724. The maximum atomic E-state index is 12.3. The first-order chi connectivity index (χ1) is 8.93. The van der Waals surface area contributed by atoms with Crippen LogP contribution in [0.5, 0.6) is 0 Å². The lowest BCUT2D eigenvalue weighted by Gasteiger charge is -2.31. The molecule has 1 aliphatic heterocycles. The van der Waals surface area contributed by atoms with Crippen LogP contribution in [0.15, 0.2) is 16.7 Å². The van der Waals surface area contributed by atoms with Crippen LogP contribution in [0.1, 0.15) is 35.9 Å². The van der Waals surface area contributed by atoms with Crippen molar-refractivity contribution < 1.29 is 17.6 Å². The molecule has 2 rings (SSSR count). The van der Waals surface area contributed by atoms with Gasteiger partial charge in [0, 0.05) is 19.5 Å². The Labute approximate surface area is 112 Å². The van der Waals surface area contributed by atoms with Crippen LogP contribution in [-0.4, -0.2) is 37.6 Å². The van der Waals surface area contributed by atoms with Gasteiger partial charge in [-0.25, -0.2) is 13.6 Å². The second-order valence-corrected chi connectivity index (χ2v) is 6.56. The molecule has 0 aliphatic carbocycles. The fourth-order valence-electron chi connectivity index (χ4n) is 2.37. The molecule has 0 bridgehead atoms. The van der Waals surface area contributed by atoms with E-state index >= 15 is 0 Å². The Hall–Kier alpha value is -1.34. The van der Waals surface area contributed by atoms with E-state index in [0.29, 0.717) is 37.1 Å². The smallest absolute Gasteiger partial charge is 0.257 e. The van der Waals surface area contributed by atoms with E-state index in [9.17, 15) is 13.2 Å². The molecule has 2 heterocycles. The Balaban J connectivity index is 2.16. The van der Waals surface area contributed by atoms with Crippen molar-refractivity contribution in [2.24, 2.45) is 5.14 Å². The standard InChI is InChI=1S/C12H18N2O4S/c1-2-11-10(5-7-18-11)12(15)14-6-3-4-9(8-14)19(13,16)17/h5,7,9H,2-4,6,8H2,1H3,(H2,13,16,17). The van der Waals surface area contributed by atoms with Crippen LogP contribution in [0.3, 0.4) is 0 Å². The largest absolute Gasteiger partial charge is 0.469 e. The number of rotatable bonds is 3. The normalized spacial score (nSPS) is 20.5. The zero-order valence-electron chi connectivity index (χ0n) is 10.8. The van der Waals surface area contributed by atoms with Gasteiger partial charge in [0.15, 0.2) is 0 Å². The number of likely N-dealkylation sites (tertiary alicyclic amines) is 1. The zero-order chi connectivity index (χ0) is 14.0. The van der Waals surface area contributed by atoms with Gasteiger partial charge in [0.1, 0.15) is 5.76 Å². The number of furan rings is 1. The van der Waals surface area contributed by atoms with Gasteiger partial charge in [-0.1, -0.05) is 6.92 Å². The van der Waals surface area contributed by atoms with Gasteiger partial charge >= 0.3 is 0 Å². The lowest BCUT2D eigenvalue weighted by Crippen LogP contribution is -2.47. The summed E-state index contributed by atoms with van der Waals surface area (Å²) < 4.78 is 28.0. The molecule has 1 fully saturated rings. The average molecular weight is 286 g/mol. The first-order valence-corrected chi connectivity index (χ1v) is 7.91. The van der Waals surface area contributed by atoms with E-state index in [0.717, 1.165) is 0 Å². The number of carbonyl (C=O) groups is 1. The Bertz CT molecular complexity index is 564. The molecule has 1 saturated heterocycles. The fraction of sp³-hybridized carbons (Fsp3) is 0.583. The minimum absolute atomic E-state index is 0.159. The summed E-state index contributed by atoms with van der Waals surface area (Å²) in [5.41, 5.74) is 0.512. The van der Waals surface area contributed by atoms with Crippen molar-refractivity contribution in [1.29, 1.82) is 0 Å². The van der Waals surface area contributed by atoms with E-state index < -0.39 is 15.3 Å². The molecular weight excluding hydrogens is 268 g/mol. The maximum Gasteiger partial charge on any atom is 0.257 e. The SMILES string of the molecule is CCc1occc1C(=O)N1CCCC(S(N)(=O)=O)C1. The summed E-state index contributed by atoms with van der Waals surface area (Å²) in [5, 5.41) is 4.50. The summed E-state index contributed by atoms with van der Waals surface area (Å²) in [5.74, 6) is 0.446. The highest BCUT2D eigenvalue weighted by Gasteiger charge is 2.31. The number of nitrogens with two attached hydrogens (primary N) is 1. The predicted octanol–water partition coefficient (Wildman–Crippen LogP) is 0.735. The van der Waals surface area contributed by atoms with Crippen LogP contribution in [-0.2, 0) is 16.4 Å². The molecular formula is C12H18N2O4S. The van der Waals surface area contributed by atoms with Crippen molar-refractivity contribution in [1.82, 2.24) is 4.90 Å². The molecule has 1 unspecified atom stereocenters. The maximum absolute atomic E-state index is 12.3. The summed E-state index contributed by atoms with van der Waals surface area (Å²) in [6.45, 7) is 2.62. The van der Waals surface area contributed by atoms with Crippen molar-refractivity contribution >= 4 is 15.9 Å². The summed E-state index contributed by atoms with van der Waals surface area (Å²) in [6.07, 6.45) is 3.26. The minimum Gasteiger partial charge on any atom is -0.469 e. The quantitative estimate of drug-likeness (QED) is 0.886. The molecule has 19 heavy (non-hydrogen) atoms. The lowest BCUT2D eigenvalue weighted by atomic mass is 10.1. The molecule has 1 amide bonds. The number of amides is 1. The summed E-state index contributed by atoms with van der Waals surface area (Å²) >= 11 is 0. The number of nitrogens with zero attached hydrogens (tertiary/aromatic N) is 1. The van der Waals surface area contributed by atoms with Gasteiger partial charge in [-0.15, -0.1) is 0 Å². The van der Waals surface area contributed by atoms with Gasteiger partial charge in [-0.05, 0) is 18.9 Å². The number of sulfonamides is 1. The third-order valence-corrected chi connectivity index (χ3v) is 4.74. The predicted molar refractivity (Wildman–Crippen MR) is 70.1 cm³/mol. The number of hydrogen-bond acceptors (Lipinski definition) is 4. The van der Waals surface area contributed by atoms with E-state index in [1.807, 2.05) is 6.92 Å². The van der Waals surface area contributed by atoms with Gasteiger partial charge in [0.05, 0.1) is 17.1 Å². The number of primary sulfonamides is 1. The molecule has 1 atom stereocenters. The molecule has 6 nitrogen and oxygen atoms in total. The zero-order valence-corrected chi connectivity index (χ0v) is 11.6. The molecule has 0 spiro atoms. The van der Waals surface area contributed by atoms with Gasteiger partial charge in [0.2, 0.25) is 10.0 Å². The van der Waals surface area contributed by atoms with Crippen molar-refractivity contribution in [3.8, 4) is 0 Å². The van der Waals surface area contributed by atoms with E-state index in [4.69, 9.17) is 9.56 Å². The number of hydrogen-bond donors (Lipinski definition) is 1. The highest BCUT2D eigenvalue weighted by atomic mass is 32.2. The highest BCUT2D eigenvalue weighted by Crippen LogP contribution is 2.20. The number of piperidine rings is 1. The van der Waals surface area contributed by atoms with Gasteiger partial charge < -0.3 is 9.32 Å². The third-order valence-electron chi connectivity index (χ3n) is 3.43. The van der Waals surface area contributed by atoms with E-state index in [1.165, 1.54) is 6.26 Å². The van der Waals surface area contributed by atoms with Crippen molar-refractivity contribution in [2.75, 3.05) is 13.1 Å².